The van der Waals surface area contributed by atoms with Crippen LogP contribution in [-0.4, -0.2) is 15.3 Å². The van der Waals surface area contributed by atoms with Crippen LogP contribution in [0.1, 0.15) is 26.7 Å². The van der Waals surface area contributed by atoms with Gasteiger partial charge in [0.05, 0.1) is 5.69 Å². The zero-order valence-corrected chi connectivity index (χ0v) is 14.1. The molecule has 0 radical (unpaired) electrons. The van der Waals surface area contributed by atoms with E-state index in [0.717, 1.165) is 6.42 Å². The Hall–Kier alpha value is -2.76. The van der Waals surface area contributed by atoms with Crippen molar-refractivity contribution in [1.82, 2.24) is 9.38 Å². The molecule has 3 aromatic rings. The van der Waals surface area contributed by atoms with Gasteiger partial charge in [0.2, 0.25) is 5.91 Å². The Morgan fingerprint density at radius 2 is 1.84 bits per heavy atom. The summed E-state index contributed by atoms with van der Waals surface area (Å²) in [4.78, 5) is 16.7. The monoisotopic (exact) mass is 343 g/mol. The number of pyridine rings is 1. The first-order chi connectivity index (χ1) is 12.0. The minimum Gasteiger partial charge on any atom is -0.309 e. The van der Waals surface area contributed by atoms with E-state index in [4.69, 9.17) is 0 Å². The van der Waals surface area contributed by atoms with Crippen LogP contribution in [0.4, 0.5) is 14.6 Å². The fraction of sp³-hybridized carbons (Fsp3) is 0.263. The lowest BCUT2D eigenvalue weighted by Crippen LogP contribution is -2.15. The SMILES string of the molecule is CCC(C)CC(=O)Nc1nc2ccc(F)cn2c1-c1ccc(F)cc1. The first kappa shape index (κ1) is 17.1. The maximum atomic E-state index is 13.7. The van der Waals surface area contributed by atoms with E-state index in [1.54, 1.807) is 16.5 Å². The van der Waals surface area contributed by atoms with E-state index in [1.165, 1.54) is 30.5 Å². The summed E-state index contributed by atoms with van der Waals surface area (Å²) in [5.74, 6) is -0.354. The number of amides is 1. The standard InChI is InChI=1S/C19H19F2N3O/c1-3-12(2)10-17(25)23-19-18(13-4-6-14(20)7-5-13)24-11-15(21)8-9-16(24)22-19/h4-9,11-12H,3,10H2,1-2H3,(H,23,25). The number of imidazole rings is 1. The summed E-state index contributed by atoms with van der Waals surface area (Å²) in [7, 11) is 0. The van der Waals surface area contributed by atoms with Gasteiger partial charge in [-0.3, -0.25) is 9.20 Å². The van der Waals surface area contributed by atoms with Gasteiger partial charge < -0.3 is 5.32 Å². The second-order valence-electron chi connectivity index (χ2n) is 6.16. The highest BCUT2D eigenvalue weighted by Gasteiger charge is 2.18. The Morgan fingerprint density at radius 1 is 1.16 bits per heavy atom. The third kappa shape index (κ3) is 3.68. The van der Waals surface area contributed by atoms with Crippen molar-refractivity contribution in [3.8, 4) is 11.3 Å². The average Bonchev–Trinajstić information content (AvgIpc) is 2.92. The molecule has 0 aliphatic heterocycles. The molecule has 4 nitrogen and oxygen atoms in total. The number of nitrogens with zero attached hydrogens (tertiary/aromatic N) is 2. The molecule has 130 valence electrons. The lowest BCUT2D eigenvalue weighted by molar-refractivity contribution is -0.117. The highest BCUT2D eigenvalue weighted by atomic mass is 19.1. The Bertz CT molecular complexity index is 903. The second-order valence-corrected chi connectivity index (χ2v) is 6.16. The fourth-order valence-corrected chi connectivity index (χ4v) is 2.63. The number of nitrogens with one attached hydrogen (secondary N) is 1. The van der Waals surface area contributed by atoms with Gasteiger partial charge in [-0.25, -0.2) is 13.8 Å². The van der Waals surface area contributed by atoms with E-state index in [0.29, 0.717) is 29.1 Å². The molecule has 1 unspecified atom stereocenters. The topological polar surface area (TPSA) is 46.4 Å². The molecule has 0 fully saturated rings. The maximum absolute atomic E-state index is 13.7. The number of hydrogen-bond acceptors (Lipinski definition) is 2. The Kier molecular flexibility index (Phi) is 4.79. The Labute approximate surface area is 144 Å². The van der Waals surface area contributed by atoms with Gasteiger partial charge in [-0.1, -0.05) is 20.3 Å². The van der Waals surface area contributed by atoms with Crippen LogP contribution >= 0.6 is 0 Å². The van der Waals surface area contributed by atoms with Crippen molar-refractivity contribution in [3.05, 3.63) is 54.2 Å². The number of halogens is 2. The van der Waals surface area contributed by atoms with Gasteiger partial charge in [0.1, 0.15) is 17.3 Å². The summed E-state index contributed by atoms with van der Waals surface area (Å²) >= 11 is 0. The molecule has 0 spiro atoms. The van der Waals surface area contributed by atoms with Crippen LogP contribution in [0.15, 0.2) is 42.6 Å². The third-order valence-electron chi connectivity index (χ3n) is 4.19. The van der Waals surface area contributed by atoms with Crippen molar-refractivity contribution in [2.45, 2.75) is 26.7 Å². The lowest BCUT2D eigenvalue weighted by Gasteiger charge is -2.10. The van der Waals surface area contributed by atoms with Crippen LogP contribution in [0.3, 0.4) is 0 Å². The molecule has 0 aliphatic rings. The van der Waals surface area contributed by atoms with Gasteiger partial charge in [0.15, 0.2) is 5.82 Å². The summed E-state index contributed by atoms with van der Waals surface area (Å²) < 4.78 is 28.5. The average molecular weight is 343 g/mol. The molecule has 1 amide bonds. The van der Waals surface area contributed by atoms with E-state index in [1.807, 2.05) is 13.8 Å². The van der Waals surface area contributed by atoms with Gasteiger partial charge in [0, 0.05) is 18.2 Å². The summed E-state index contributed by atoms with van der Waals surface area (Å²) in [6, 6.07) is 8.63. The molecule has 3 rings (SSSR count). The fourth-order valence-electron chi connectivity index (χ4n) is 2.63. The molecule has 2 heterocycles. The van der Waals surface area contributed by atoms with Crippen molar-refractivity contribution in [1.29, 1.82) is 0 Å². The van der Waals surface area contributed by atoms with Gasteiger partial charge in [-0.05, 0) is 42.3 Å². The van der Waals surface area contributed by atoms with Gasteiger partial charge in [-0.2, -0.15) is 0 Å². The second kappa shape index (κ2) is 7.01. The highest BCUT2D eigenvalue weighted by molar-refractivity contribution is 5.94. The summed E-state index contributed by atoms with van der Waals surface area (Å²) in [5, 5.41) is 2.81. The number of hydrogen-bond donors (Lipinski definition) is 1. The molecule has 0 aliphatic carbocycles. The molecule has 1 aromatic carbocycles. The minimum absolute atomic E-state index is 0.151. The van der Waals surface area contributed by atoms with Gasteiger partial charge in [0.25, 0.3) is 0 Å². The van der Waals surface area contributed by atoms with Crippen molar-refractivity contribution in [2.75, 3.05) is 5.32 Å². The van der Waals surface area contributed by atoms with Crippen molar-refractivity contribution < 1.29 is 13.6 Å². The molecular weight excluding hydrogens is 324 g/mol. The van der Waals surface area contributed by atoms with E-state index in [-0.39, 0.29) is 17.6 Å². The number of rotatable bonds is 5. The number of aromatic nitrogens is 2. The number of carbonyl (C=O) groups excluding carboxylic acids is 1. The number of benzene rings is 1. The van der Waals surface area contributed by atoms with Gasteiger partial charge >= 0.3 is 0 Å². The summed E-state index contributed by atoms with van der Waals surface area (Å²) in [5.41, 5.74) is 1.66. The molecule has 1 atom stereocenters. The number of carbonyl (C=O) groups is 1. The molecule has 1 N–H and O–H groups in total. The molecule has 25 heavy (non-hydrogen) atoms. The Morgan fingerprint density at radius 3 is 2.52 bits per heavy atom. The summed E-state index contributed by atoms with van der Waals surface area (Å²) in [6.07, 6.45) is 2.57. The van der Waals surface area contributed by atoms with Crippen LogP contribution in [0.2, 0.25) is 0 Å². The first-order valence-electron chi connectivity index (χ1n) is 8.21. The van der Waals surface area contributed by atoms with Crippen molar-refractivity contribution in [2.24, 2.45) is 5.92 Å². The number of anilines is 1. The zero-order chi connectivity index (χ0) is 18.0. The lowest BCUT2D eigenvalue weighted by atomic mass is 10.1. The third-order valence-corrected chi connectivity index (χ3v) is 4.19. The van der Waals surface area contributed by atoms with Crippen molar-refractivity contribution in [3.63, 3.8) is 0 Å². The molecule has 6 heteroatoms. The van der Waals surface area contributed by atoms with E-state index < -0.39 is 5.82 Å². The van der Waals surface area contributed by atoms with E-state index in [9.17, 15) is 13.6 Å². The van der Waals surface area contributed by atoms with Crippen LogP contribution in [0, 0.1) is 17.6 Å². The first-order valence-corrected chi connectivity index (χ1v) is 8.21. The maximum Gasteiger partial charge on any atom is 0.225 e. The largest absolute Gasteiger partial charge is 0.309 e. The van der Waals surface area contributed by atoms with E-state index >= 15 is 0 Å². The quantitative estimate of drug-likeness (QED) is 0.733. The minimum atomic E-state index is -0.425. The van der Waals surface area contributed by atoms with Crippen LogP contribution in [0.5, 0.6) is 0 Å². The zero-order valence-electron chi connectivity index (χ0n) is 14.1. The van der Waals surface area contributed by atoms with Crippen LogP contribution in [0.25, 0.3) is 16.9 Å². The summed E-state index contributed by atoms with van der Waals surface area (Å²) in [6.45, 7) is 4.02. The Balaban J connectivity index is 2.06. The number of fused-ring (bicyclic) bond motifs is 1. The molecule has 2 aromatic heterocycles. The smallest absolute Gasteiger partial charge is 0.225 e. The highest BCUT2D eigenvalue weighted by Crippen LogP contribution is 2.30. The van der Waals surface area contributed by atoms with Crippen LogP contribution < -0.4 is 5.32 Å². The van der Waals surface area contributed by atoms with Crippen LogP contribution in [-0.2, 0) is 4.79 Å². The molecule has 0 bridgehead atoms. The predicted molar refractivity (Wildman–Crippen MR) is 93.2 cm³/mol. The molecule has 0 saturated carbocycles. The normalized spacial score (nSPS) is 12.3. The predicted octanol–water partition coefficient (Wildman–Crippen LogP) is 4.65. The van der Waals surface area contributed by atoms with Gasteiger partial charge in [-0.15, -0.1) is 0 Å². The molecule has 0 saturated heterocycles. The molecular formula is C19H19F2N3O. The van der Waals surface area contributed by atoms with E-state index in [2.05, 4.69) is 10.3 Å². The van der Waals surface area contributed by atoms with Crippen molar-refractivity contribution >= 4 is 17.4 Å².